The molecule has 1 aromatic heterocycles. The molecule has 0 amide bonds. The topological polar surface area (TPSA) is 169 Å². The van der Waals surface area contributed by atoms with E-state index in [2.05, 4.69) is 4.98 Å². The predicted octanol–water partition coefficient (Wildman–Crippen LogP) is -3.69. The normalized spacial score (nSPS) is 19.4. The summed E-state index contributed by atoms with van der Waals surface area (Å²) in [4.78, 5) is 44.6. The van der Waals surface area contributed by atoms with Crippen molar-refractivity contribution in [2.45, 2.75) is 64.8 Å². The van der Waals surface area contributed by atoms with Crippen molar-refractivity contribution in [1.29, 1.82) is 0 Å². The Balaban J connectivity index is 2.49. The second-order valence-electron chi connectivity index (χ2n) is 8.81. The van der Waals surface area contributed by atoms with Crippen molar-refractivity contribution in [2.24, 2.45) is 5.73 Å². The van der Waals surface area contributed by atoms with E-state index in [1.807, 2.05) is 12.1 Å². The van der Waals surface area contributed by atoms with Crippen LogP contribution in [0.15, 0.2) is 12.1 Å². The van der Waals surface area contributed by atoms with Gasteiger partial charge in [-0.3, -0.25) is 19.7 Å². The summed E-state index contributed by atoms with van der Waals surface area (Å²) in [6.45, 7) is 6.44. The van der Waals surface area contributed by atoms with Crippen LogP contribution in [0.2, 0.25) is 0 Å². The van der Waals surface area contributed by atoms with E-state index in [0.29, 0.717) is 24.4 Å². The standard InChI is InChI=1S/C23H37N5O6/c1-15(21(29)30)26-7-9-27(16(2)22(31)32)13-19-11-18(5-4-6-24)12-20(25-19)14-28(10-8-26)17(3)23(33)34/h11-12,15-17H,4-10,13-14,24H2,1-3H3,(H,29,30)(H,31,32)(H,33,34)/p-3. The highest BCUT2D eigenvalue weighted by molar-refractivity contribution is 5.71. The number of carboxylic acids is 3. The lowest BCUT2D eigenvalue weighted by Crippen LogP contribution is -2.54. The minimum absolute atomic E-state index is 0.211. The summed E-state index contributed by atoms with van der Waals surface area (Å²) in [7, 11) is 0. The zero-order valence-electron chi connectivity index (χ0n) is 20.1. The number of carbonyl (C=O) groups is 3. The summed E-state index contributed by atoms with van der Waals surface area (Å²) in [5, 5.41) is 34.8. The van der Waals surface area contributed by atoms with Crippen molar-refractivity contribution in [3.63, 3.8) is 0 Å². The third-order valence-corrected chi connectivity index (χ3v) is 6.41. The molecule has 0 saturated heterocycles. The fraction of sp³-hybridized carbons (Fsp3) is 0.652. The van der Waals surface area contributed by atoms with E-state index in [-0.39, 0.29) is 39.3 Å². The first-order valence-electron chi connectivity index (χ1n) is 11.6. The Morgan fingerprint density at radius 2 is 1.21 bits per heavy atom. The van der Waals surface area contributed by atoms with Gasteiger partial charge < -0.3 is 35.4 Å². The number of pyridine rings is 1. The maximum atomic E-state index is 11.6. The molecule has 1 aliphatic rings. The third-order valence-electron chi connectivity index (χ3n) is 6.41. The Labute approximate surface area is 200 Å². The highest BCUT2D eigenvalue weighted by atomic mass is 16.4. The fourth-order valence-corrected chi connectivity index (χ4v) is 4.03. The number of aryl methyl sites for hydroxylation is 1. The first-order valence-corrected chi connectivity index (χ1v) is 11.6. The molecule has 2 rings (SSSR count). The average molecular weight is 477 g/mol. The number of hydrogen-bond acceptors (Lipinski definition) is 11. The zero-order valence-corrected chi connectivity index (χ0v) is 20.1. The largest absolute Gasteiger partial charge is 0.548 e. The average Bonchev–Trinajstić information content (AvgIpc) is 2.78. The van der Waals surface area contributed by atoms with Crippen molar-refractivity contribution < 1.29 is 29.7 Å². The molecule has 0 saturated carbocycles. The summed E-state index contributed by atoms with van der Waals surface area (Å²) in [6.07, 6.45) is 1.47. The predicted molar refractivity (Wildman–Crippen MR) is 117 cm³/mol. The van der Waals surface area contributed by atoms with E-state index in [1.165, 1.54) is 20.8 Å². The van der Waals surface area contributed by atoms with Crippen molar-refractivity contribution in [3.8, 4) is 0 Å². The van der Waals surface area contributed by atoms with Crippen molar-refractivity contribution >= 4 is 17.9 Å². The molecule has 190 valence electrons. The summed E-state index contributed by atoms with van der Waals surface area (Å²) in [5.74, 6) is -3.73. The quantitative estimate of drug-likeness (QED) is 0.372. The molecule has 0 aliphatic carbocycles. The van der Waals surface area contributed by atoms with Gasteiger partial charge in [-0.2, -0.15) is 0 Å². The Bertz CT molecular complexity index is 814. The molecule has 3 unspecified atom stereocenters. The summed E-state index contributed by atoms with van der Waals surface area (Å²) in [6, 6.07) is 1.01. The van der Waals surface area contributed by atoms with Crippen LogP contribution < -0.4 is 21.1 Å². The Morgan fingerprint density at radius 1 is 0.824 bits per heavy atom. The number of nitrogens with zero attached hydrogens (tertiary/aromatic N) is 4. The van der Waals surface area contributed by atoms with Crippen LogP contribution in [0.5, 0.6) is 0 Å². The van der Waals surface area contributed by atoms with Gasteiger partial charge in [-0.05, 0) is 57.9 Å². The number of nitrogens with two attached hydrogens (primary N) is 1. The number of rotatable bonds is 9. The maximum absolute atomic E-state index is 11.6. The number of carboxylic acid groups (broad SMARTS) is 3. The molecule has 2 N–H and O–H groups in total. The smallest absolute Gasteiger partial charge is 0.0583 e. The molecule has 0 radical (unpaired) electrons. The van der Waals surface area contributed by atoms with Crippen molar-refractivity contribution in [1.82, 2.24) is 19.7 Å². The lowest BCUT2D eigenvalue weighted by atomic mass is 10.1. The monoisotopic (exact) mass is 476 g/mol. The third kappa shape index (κ3) is 7.73. The van der Waals surface area contributed by atoms with E-state index < -0.39 is 36.0 Å². The van der Waals surface area contributed by atoms with Gasteiger partial charge in [0, 0.05) is 57.4 Å². The number of carbonyl (C=O) groups excluding carboxylic acids is 3. The first-order chi connectivity index (χ1) is 16.0. The summed E-state index contributed by atoms with van der Waals surface area (Å²) >= 11 is 0. The van der Waals surface area contributed by atoms with Gasteiger partial charge in [-0.15, -0.1) is 0 Å². The molecule has 0 aromatic carbocycles. The molecule has 2 heterocycles. The van der Waals surface area contributed by atoms with Crippen LogP contribution in [0.4, 0.5) is 0 Å². The molecule has 11 heteroatoms. The van der Waals surface area contributed by atoms with Gasteiger partial charge in [0.25, 0.3) is 0 Å². The number of fused-ring (bicyclic) bond motifs is 2. The first kappa shape index (κ1) is 27.6. The van der Waals surface area contributed by atoms with Gasteiger partial charge in [-0.25, -0.2) is 0 Å². The molecular formula is C23H34N5O6-3. The molecule has 1 aliphatic heterocycles. The van der Waals surface area contributed by atoms with E-state index in [4.69, 9.17) is 5.73 Å². The highest BCUT2D eigenvalue weighted by Crippen LogP contribution is 2.17. The van der Waals surface area contributed by atoms with E-state index >= 15 is 0 Å². The van der Waals surface area contributed by atoms with Crippen LogP contribution in [-0.4, -0.2) is 88.4 Å². The second-order valence-corrected chi connectivity index (χ2v) is 8.81. The van der Waals surface area contributed by atoms with Crippen LogP contribution in [0.1, 0.15) is 44.1 Å². The molecule has 1 aromatic rings. The van der Waals surface area contributed by atoms with E-state index in [1.54, 1.807) is 14.7 Å². The van der Waals surface area contributed by atoms with Crippen LogP contribution in [0.3, 0.4) is 0 Å². The van der Waals surface area contributed by atoms with Crippen LogP contribution >= 0.6 is 0 Å². The minimum atomic E-state index is -1.26. The van der Waals surface area contributed by atoms with Gasteiger partial charge in [0.2, 0.25) is 0 Å². The maximum Gasteiger partial charge on any atom is 0.0583 e. The fourth-order valence-electron chi connectivity index (χ4n) is 4.03. The summed E-state index contributed by atoms with van der Waals surface area (Å²) < 4.78 is 0. The van der Waals surface area contributed by atoms with E-state index in [9.17, 15) is 29.7 Å². The zero-order chi connectivity index (χ0) is 25.4. The second kappa shape index (κ2) is 12.7. The Morgan fingerprint density at radius 3 is 1.59 bits per heavy atom. The number of aliphatic carboxylic acids is 3. The lowest BCUT2D eigenvalue weighted by molar-refractivity contribution is -0.313. The molecule has 3 atom stereocenters. The van der Waals surface area contributed by atoms with Crippen LogP contribution in [0.25, 0.3) is 0 Å². The Hall–Kier alpha value is -2.60. The number of aromatic nitrogens is 1. The summed E-state index contributed by atoms with van der Waals surface area (Å²) in [5.41, 5.74) is 7.92. The molecule has 0 fully saturated rings. The van der Waals surface area contributed by atoms with Crippen molar-refractivity contribution in [2.75, 3.05) is 32.7 Å². The Kier molecular flexibility index (Phi) is 10.4. The highest BCUT2D eigenvalue weighted by Gasteiger charge is 2.24. The number of hydrogen-bond donors (Lipinski definition) is 1. The van der Waals surface area contributed by atoms with Gasteiger partial charge in [0.05, 0.1) is 29.3 Å². The molecule has 2 bridgehead atoms. The van der Waals surface area contributed by atoms with Crippen LogP contribution in [0, 0.1) is 0 Å². The van der Waals surface area contributed by atoms with Crippen LogP contribution in [-0.2, 0) is 33.9 Å². The van der Waals surface area contributed by atoms with E-state index in [0.717, 1.165) is 12.0 Å². The molecule has 0 spiro atoms. The van der Waals surface area contributed by atoms with Gasteiger partial charge >= 0.3 is 0 Å². The molecule has 11 nitrogen and oxygen atoms in total. The van der Waals surface area contributed by atoms with Gasteiger partial charge in [0.15, 0.2) is 0 Å². The van der Waals surface area contributed by atoms with Gasteiger partial charge in [0.1, 0.15) is 0 Å². The SMILES string of the molecule is CC(C(=O)[O-])N1CCN(C(C)C(=O)[O-])Cc2cc(CCCN)cc(n2)CN(C(C)C(=O)[O-])CC1. The van der Waals surface area contributed by atoms with Gasteiger partial charge in [-0.1, -0.05) is 0 Å². The van der Waals surface area contributed by atoms with Crippen molar-refractivity contribution in [3.05, 3.63) is 29.1 Å². The molecule has 34 heavy (non-hydrogen) atoms. The minimum Gasteiger partial charge on any atom is -0.548 e. The lowest BCUT2D eigenvalue weighted by Gasteiger charge is -2.38. The molecular weight excluding hydrogens is 442 g/mol.